The topological polar surface area (TPSA) is 25.8 Å². The smallest absolute Gasteiger partial charge is 0.144 e. The quantitative estimate of drug-likeness (QED) is 0.580. The molecule has 1 fully saturated rings. The molecule has 0 saturated carbocycles. The minimum absolute atomic E-state index is 0.421. The van der Waals surface area contributed by atoms with Gasteiger partial charge in [-0.05, 0) is 32.1 Å². The van der Waals surface area contributed by atoms with Crippen LogP contribution in [0.1, 0.15) is 54.9 Å². The van der Waals surface area contributed by atoms with E-state index in [0.717, 1.165) is 23.8 Å². The molecule has 2 nitrogen and oxygen atoms in total. The number of thioether (sulfide) groups is 2. The molecule has 1 aromatic heterocycles. The van der Waals surface area contributed by atoms with Crippen molar-refractivity contribution in [2.24, 2.45) is 0 Å². The number of hydrogen-bond donors (Lipinski definition) is 0. The first-order chi connectivity index (χ1) is 9.79. The van der Waals surface area contributed by atoms with Gasteiger partial charge in [0.05, 0.1) is 5.25 Å². The maximum atomic E-state index is 6.46. The Bertz CT molecular complexity index is 481. The van der Waals surface area contributed by atoms with E-state index in [1.165, 1.54) is 48.4 Å². The van der Waals surface area contributed by atoms with Crippen LogP contribution >= 0.6 is 35.1 Å². The molecule has 2 atom stereocenters. The summed E-state index contributed by atoms with van der Waals surface area (Å²) in [5.74, 6) is 3.43. The lowest BCUT2D eigenvalue weighted by molar-refractivity contribution is 0.705. The van der Waals surface area contributed by atoms with Crippen molar-refractivity contribution in [2.75, 3.05) is 11.5 Å². The average Bonchev–Trinajstić information content (AvgIpc) is 2.73. The zero-order valence-corrected chi connectivity index (χ0v) is 14.3. The Morgan fingerprint density at radius 3 is 2.75 bits per heavy atom. The van der Waals surface area contributed by atoms with Gasteiger partial charge in [-0.2, -0.15) is 11.8 Å². The minimum atomic E-state index is 0.421. The summed E-state index contributed by atoms with van der Waals surface area (Å²) in [5.41, 5.74) is 2.44. The lowest BCUT2D eigenvalue weighted by Crippen LogP contribution is -2.21. The molecule has 5 heteroatoms. The minimum Gasteiger partial charge on any atom is -0.236 e. The molecule has 0 amide bonds. The van der Waals surface area contributed by atoms with Crippen LogP contribution in [0.3, 0.4) is 0 Å². The fourth-order valence-electron chi connectivity index (χ4n) is 3.01. The molecule has 2 unspecified atom stereocenters. The van der Waals surface area contributed by atoms with Crippen molar-refractivity contribution in [1.29, 1.82) is 0 Å². The normalized spacial score (nSPS) is 26.9. The first-order valence-electron chi connectivity index (χ1n) is 7.58. The Morgan fingerprint density at radius 2 is 1.90 bits per heavy atom. The molecule has 1 saturated heterocycles. The van der Waals surface area contributed by atoms with Crippen LogP contribution in [0, 0.1) is 0 Å². The monoisotopic (exact) mass is 328 g/mol. The molecule has 3 rings (SSSR count). The van der Waals surface area contributed by atoms with Gasteiger partial charge in [0, 0.05) is 28.0 Å². The van der Waals surface area contributed by atoms with Gasteiger partial charge in [-0.1, -0.05) is 24.9 Å². The van der Waals surface area contributed by atoms with Crippen molar-refractivity contribution in [2.45, 2.75) is 55.9 Å². The molecular weight excluding hydrogens is 308 g/mol. The Balaban J connectivity index is 1.93. The lowest BCUT2D eigenvalue weighted by atomic mass is 10.1. The largest absolute Gasteiger partial charge is 0.236 e. The molecule has 2 heterocycles. The standard InChI is InChI=1S/C15H21ClN2S2/c1-2-12-13(20-9-8-19-12)15-17-11-7-5-3-4-6-10(11)14(16)18-15/h12-13H,2-9H2,1H3. The van der Waals surface area contributed by atoms with Crippen molar-refractivity contribution in [3.63, 3.8) is 0 Å². The highest BCUT2D eigenvalue weighted by molar-refractivity contribution is 8.06. The summed E-state index contributed by atoms with van der Waals surface area (Å²) < 4.78 is 0. The summed E-state index contributed by atoms with van der Waals surface area (Å²) in [6.45, 7) is 2.27. The molecule has 1 aromatic rings. The fraction of sp³-hybridized carbons (Fsp3) is 0.733. The summed E-state index contributed by atoms with van der Waals surface area (Å²) in [6.07, 6.45) is 7.06. The van der Waals surface area contributed by atoms with Crippen LogP contribution in [-0.4, -0.2) is 26.7 Å². The van der Waals surface area contributed by atoms with Gasteiger partial charge >= 0.3 is 0 Å². The highest BCUT2D eigenvalue weighted by atomic mass is 35.5. The molecule has 1 aliphatic carbocycles. The summed E-state index contributed by atoms with van der Waals surface area (Å²) in [4.78, 5) is 9.60. The summed E-state index contributed by atoms with van der Waals surface area (Å²) in [6, 6.07) is 0. The zero-order chi connectivity index (χ0) is 13.9. The molecule has 20 heavy (non-hydrogen) atoms. The maximum absolute atomic E-state index is 6.46. The summed E-state index contributed by atoms with van der Waals surface area (Å²) in [5, 5.41) is 1.77. The van der Waals surface area contributed by atoms with Gasteiger partial charge in [0.25, 0.3) is 0 Å². The van der Waals surface area contributed by atoms with Crippen molar-refractivity contribution in [3.8, 4) is 0 Å². The van der Waals surface area contributed by atoms with E-state index in [2.05, 4.69) is 23.7 Å². The van der Waals surface area contributed by atoms with E-state index < -0.39 is 0 Å². The molecule has 0 aromatic carbocycles. The van der Waals surface area contributed by atoms with Gasteiger partial charge in [0.15, 0.2) is 0 Å². The van der Waals surface area contributed by atoms with Crippen LogP contribution in [0.25, 0.3) is 0 Å². The zero-order valence-electron chi connectivity index (χ0n) is 11.9. The highest BCUT2D eigenvalue weighted by Crippen LogP contribution is 2.43. The molecular formula is C15H21ClN2S2. The van der Waals surface area contributed by atoms with E-state index in [9.17, 15) is 0 Å². The molecule has 0 bridgehead atoms. The number of aromatic nitrogens is 2. The van der Waals surface area contributed by atoms with Gasteiger partial charge in [-0.15, -0.1) is 11.8 Å². The predicted molar refractivity (Wildman–Crippen MR) is 90.0 cm³/mol. The SMILES string of the molecule is CCC1SCCSC1c1nc(Cl)c2c(n1)CCCCC2. The third-order valence-electron chi connectivity index (χ3n) is 4.11. The first kappa shape index (κ1) is 15.0. The average molecular weight is 329 g/mol. The number of fused-ring (bicyclic) bond motifs is 1. The lowest BCUT2D eigenvalue weighted by Gasteiger charge is -2.29. The third-order valence-corrected chi connectivity index (χ3v) is 7.66. The number of hydrogen-bond acceptors (Lipinski definition) is 4. The molecule has 1 aliphatic heterocycles. The van der Waals surface area contributed by atoms with Crippen LogP contribution in [0.15, 0.2) is 0 Å². The third kappa shape index (κ3) is 3.12. The van der Waals surface area contributed by atoms with Gasteiger partial charge in [0.2, 0.25) is 0 Å². The second-order valence-corrected chi connectivity index (χ2v) is 8.42. The molecule has 0 spiro atoms. The van der Waals surface area contributed by atoms with Crippen LogP contribution in [-0.2, 0) is 12.8 Å². The molecule has 0 radical (unpaired) electrons. The van der Waals surface area contributed by atoms with E-state index in [0.29, 0.717) is 10.5 Å². The molecule has 0 N–H and O–H groups in total. The Kier molecular flexibility index (Phi) is 5.16. The second-order valence-electron chi connectivity index (χ2n) is 5.47. The van der Waals surface area contributed by atoms with Crippen molar-refractivity contribution in [1.82, 2.24) is 9.97 Å². The van der Waals surface area contributed by atoms with Crippen molar-refractivity contribution in [3.05, 3.63) is 22.2 Å². The molecule has 2 aliphatic rings. The number of nitrogens with zero attached hydrogens (tertiary/aromatic N) is 2. The Morgan fingerprint density at radius 1 is 1.10 bits per heavy atom. The van der Waals surface area contributed by atoms with Crippen LogP contribution in [0.4, 0.5) is 0 Å². The van der Waals surface area contributed by atoms with Crippen LogP contribution in [0.2, 0.25) is 5.15 Å². The van der Waals surface area contributed by atoms with Gasteiger partial charge < -0.3 is 0 Å². The van der Waals surface area contributed by atoms with Crippen molar-refractivity contribution < 1.29 is 0 Å². The van der Waals surface area contributed by atoms with E-state index in [-0.39, 0.29) is 0 Å². The van der Waals surface area contributed by atoms with Crippen LogP contribution in [0.5, 0.6) is 0 Å². The summed E-state index contributed by atoms with van der Waals surface area (Å²) >= 11 is 10.5. The van der Waals surface area contributed by atoms with Gasteiger partial charge in [-0.25, -0.2) is 9.97 Å². The highest BCUT2D eigenvalue weighted by Gasteiger charge is 2.30. The number of halogens is 1. The fourth-order valence-corrected chi connectivity index (χ4v) is 6.29. The molecule has 110 valence electrons. The Labute approximate surface area is 134 Å². The number of rotatable bonds is 2. The van der Waals surface area contributed by atoms with Gasteiger partial charge in [0.1, 0.15) is 11.0 Å². The van der Waals surface area contributed by atoms with E-state index in [1.807, 2.05) is 11.8 Å². The van der Waals surface area contributed by atoms with E-state index >= 15 is 0 Å². The second kappa shape index (κ2) is 6.89. The summed E-state index contributed by atoms with van der Waals surface area (Å²) in [7, 11) is 0. The first-order valence-corrected chi connectivity index (χ1v) is 10.1. The van der Waals surface area contributed by atoms with Gasteiger partial charge in [-0.3, -0.25) is 0 Å². The van der Waals surface area contributed by atoms with Crippen molar-refractivity contribution >= 4 is 35.1 Å². The van der Waals surface area contributed by atoms with Crippen LogP contribution < -0.4 is 0 Å². The number of aryl methyl sites for hydroxylation is 1. The van der Waals surface area contributed by atoms with E-state index in [4.69, 9.17) is 16.6 Å². The predicted octanol–water partition coefficient (Wildman–Crippen LogP) is 4.70. The Hall–Kier alpha value is 0.0700. The van der Waals surface area contributed by atoms with E-state index in [1.54, 1.807) is 0 Å². The maximum Gasteiger partial charge on any atom is 0.144 e.